The van der Waals surface area contributed by atoms with Gasteiger partial charge in [-0.05, 0) is 67.8 Å². The lowest BCUT2D eigenvalue weighted by Gasteiger charge is -2.24. The first kappa shape index (κ1) is 27.1. The second-order valence-corrected chi connectivity index (χ2v) is 9.96. The molecule has 6 N–H and O–H groups in total. The van der Waals surface area contributed by atoms with Gasteiger partial charge in [-0.1, -0.05) is 0 Å². The van der Waals surface area contributed by atoms with E-state index in [2.05, 4.69) is 20.8 Å². The van der Waals surface area contributed by atoms with Gasteiger partial charge in [0.15, 0.2) is 5.78 Å². The van der Waals surface area contributed by atoms with Gasteiger partial charge in [-0.25, -0.2) is 9.59 Å². The molecule has 1 aromatic carbocycles. The molecule has 1 heterocycles. The number of carbonyl (C=O) groups excluding carboxylic acids is 2. The van der Waals surface area contributed by atoms with Gasteiger partial charge in [0.05, 0.1) is 17.7 Å². The number of benzene rings is 1. The van der Waals surface area contributed by atoms with Crippen molar-refractivity contribution in [2.45, 2.75) is 0 Å². The minimum absolute atomic E-state index is 0.00519. The first-order chi connectivity index (χ1) is 14.8. The normalized spacial score (nSPS) is 16.8. The molecule has 0 spiro atoms. The Morgan fingerprint density at radius 1 is 0.839 bits per heavy atom. The van der Waals surface area contributed by atoms with Crippen LogP contribution in [0, 0.1) is 10.7 Å². The molecule has 0 aromatic heterocycles. The van der Waals surface area contributed by atoms with Crippen LogP contribution in [0.5, 0.6) is 0 Å². The third-order valence-electron chi connectivity index (χ3n) is 4.65. The summed E-state index contributed by atoms with van der Waals surface area (Å²) < 4.78 is 0.835. The van der Waals surface area contributed by atoms with E-state index in [1.165, 1.54) is 0 Å². The summed E-state index contributed by atoms with van der Waals surface area (Å²) in [4.78, 5) is 43.7. The number of nitrogens with zero attached hydrogens (tertiary/aromatic N) is 1. The van der Waals surface area contributed by atoms with E-state index in [0.29, 0.717) is 20.2 Å². The third kappa shape index (κ3) is 7.41. The van der Waals surface area contributed by atoms with Crippen LogP contribution in [0.25, 0.3) is 0 Å². The molecule has 0 bridgehead atoms. The van der Waals surface area contributed by atoms with E-state index < -0.39 is 11.9 Å². The van der Waals surface area contributed by atoms with Crippen LogP contribution in [0.15, 0.2) is 0 Å². The van der Waals surface area contributed by atoms with Crippen molar-refractivity contribution in [3.05, 3.63) is 27.4 Å². The molecule has 10 nitrogen and oxygen atoms in total. The van der Waals surface area contributed by atoms with E-state index in [1.807, 2.05) is 50.1 Å². The van der Waals surface area contributed by atoms with Gasteiger partial charge < -0.3 is 25.9 Å². The fourth-order valence-corrected chi connectivity index (χ4v) is 7.76. The van der Waals surface area contributed by atoms with Gasteiger partial charge in [-0.2, -0.15) is 5.90 Å². The summed E-state index contributed by atoms with van der Waals surface area (Å²) >= 11 is 5.52. The highest BCUT2D eigenvalue weighted by atomic mass is 127. The zero-order valence-electron chi connectivity index (χ0n) is 16.6. The summed E-state index contributed by atoms with van der Waals surface area (Å²) in [6.07, 6.45) is 0. The van der Waals surface area contributed by atoms with Crippen molar-refractivity contribution in [1.82, 2.24) is 20.9 Å². The van der Waals surface area contributed by atoms with Crippen LogP contribution in [0.1, 0.15) is 31.1 Å². The zero-order valence-corrected chi connectivity index (χ0v) is 23.1. The first-order valence-corrected chi connectivity index (χ1v) is 12.8. The molecule has 0 radical (unpaired) electrons. The van der Waals surface area contributed by atoms with Crippen LogP contribution >= 0.6 is 67.8 Å². The van der Waals surface area contributed by atoms with E-state index in [4.69, 9.17) is 5.90 Å². The number of nitrogens with one attached hydrogen (secondary N) is 3. The Balaban J connectivity index is 2.34. The van der Waals surface area contributed by atoms with Crippen molar-refractivity contribution in [3.8, 4) is 0 Å². The highest BCUT2D eigenvalue weighted by Crippen LogP contribution is 2.33. The molecule has 1 fully saturated rings. The predicted molar refractivity (Wildman–Crippen MR) is 141 cm³/mol. The molecule has 31 heavy (non-hydrogen) atoms. The lowest BCUT2D eigenvalue weighted by Crippen LogP contribution is -2.43. The number of rotatable bonds is 5. The fourth-order valence-electron chi connectivity index (χ4n) is 3.09. The standard InChI is InChI=1S/C18H24I3N5O5/c19-14-11(15(20)13(18(30)31-22)16(21)12(14)17(28)29)10(27)9-26-7-5-24-3-1-23-2-4-25-6-8-26/h23-25H,1-9,22H2,(H,28,29). The van der Waals surface area contributed by atoms with Crippen molar-refractivity contribution in [2.24, 2.45) is 5.90 Å². The minimum atomic E-state index is -1.22. The topological polar surface area (TPSA) is 146 Å². The molecule has 0 unspecified atom stereocenters. The Morgan fingerprint density at radius 2 is 1.29 bits per heavy atom. The van der Waals surface area contributed by atoms with Crippen molar-refractivity contribution in [2.75, 3.05) is 58.9 Å². The smallest absolute Gasteiger partial charge is 0.358 e. The quantitative estimate of drug-likeness (QED) is 0.163. The van der Waals surface area contributed by atoms with E-state index >= 15 is 0 Å². The van der Waals surface area contributed by atoms with Crippen molar-refractivity contribution < 1.29 is 24.3 Å². The van der Waals surface area contributed by atoms with Gasteiger partial charge in [-0.15, -0.1) is 0 Å². The average Bonchev–Trinajstić information content (AvgIpc) is 2.69. The number of Topliss-reactive ketones (excluding diaryl/α,β-unsaturated/α-hetero) is 1. The molecule has 1 saturated heterocycles. The SMILES string of the molecule is NOC(=O)c1c(I)c(C(=O)O)c(I)c(C(=O)CN2CCNCCNCCNCC2)c1I. The number of nitrogens with two attached hydrogens (primary N) is 1. The van der Waals surface area contributed by atoms with E-state index in [-0.39, 0.29) is 32.6 Å². The molecule has 0 atom stereocenters. The second kappa shape index (κ2) is 13.5. The number of halogens is 3. The number of carboxylic acids is 1. The van der Waals surface area contributed by atoms with Gasteiger partial charge in [0.2, 0.25) is 0 Å². The average molecular weight is 771 g/mol. The van der Waals surface area contributed by atoms with Crippen molar-refractivity contribution in [3.63, 3.8) is 0 Å². The molecule has 0 saturated carbocycles. The third-order valence-corrected chi connectivity index (χ3v) is 7.89. The maximum absolute atomic E-state index is 13.3. The summed E-state index contributed by atoms with van der Waals surface area (Å²) in [6, 6.07) is 0. The maximum atomic E-state index is 13.3. The molecule has 1 aliphatic heterocycles. The molecule has 13 heteroatoms. The predicted octanol–water partition coefficient (Wildman–Crippen LogP) is 0.496. The maximum Gasteiger partial charge on any atom is 0.358 e. The summed E-state index contributed by atoms with van der Waals surface area (Å²) in [7, 11) is 0. The Bertz CT molecular complexity index is 828. The Labute approximate surface area is 221 Å². The van der Waals surface area contributed by atoms with Gasteiger partial charge in [0.25, 0.3) is 0 Å². The number of carboxylic acid groups (broad SMARTS) is 1. The van der Waals surface area contributed by atoms with Crippen LogP contribution in [0.2, 0.25) is 0 Å². The van der Waals surface area contributed by atoms with E-state index in [0.717, 1.165) is 39.3 Å². The van der Waals surface area contributed by atoms with Gasteiger partial charge in [0.1, 0.15) is 0 Å². The van der Waals surface area contributed by atoms with E-state index in [9.17, 15) is 19.5 Å². The molecular weight excluding hydrogens is 747 g/mol. The lowest BCUT2D eigenvalue weighted by atomic mass is 10.0. The Hall–Kier alpha value is -0.180. The molecule has 0 aliphatic carbocycles. The molecule has 2 rings (SSSR count). The van der Waals surface area contributed by atoms with Gasteiger partial charge in [-0.3, -0.25) is 9.69 Å². The number of hydrogen-bond donors (Lipinski definition) is 5. The van der Waals surface area contributed by atoms with Crippen LogP contribution in [-0.4, -0.2) is 86.6 Å². The molecule has 1 aliphatic rings. The van der Waals surface area contributed by atoms with Crippen LogP contribution < -0.4 is 21.8 Å². The molecule has 172 valence electrons. The highest BCUT2D eigenvalue weighted by Gasteiger charge is 2.31. The van der Waals surface area contributed by atoms with Crippen LogP contribution in [0.3, 0.4) is 0 Å². The minimum Gasteiger partial charge on any atom is -0.478 e. The van der Waals surface area contributed by atoms with E-state index in [1.54, 1.807) is 22.6 Å². The van der Waals surface area contributed by atoms with Gasteiger partial charge >= 0.3 is 11.9 Å². The summed E-state index contributed by atoms with van der Waals surface area (Å²) in [5.41, 5.74) is 0.0972. The monoisotopic (exact) mass is 771 g/mol. The number of carbonyl (C=O) groups is 3. The van der Waals surface area contributed by atoms with Crippen molar-refractivity contribution >= 4 is 85.5 Å². The summed E-state index contributed by atoms with van der Waals surface area (Å²) in [5, 5.41) is 19.7. The van der Waals surface area contributed by atoms with Crippen LogP contribution in [0.4, 0.5) is 0 Å². The Kier molecular flexibility index (Phi) is 11.8. The Morgan fingerprint density at radius 3 is 1.77 bits per heavy atom. The second-order valence-electron chi connectivity index (χ2n) is 6.73. The van der Waals surface area contributed by atoms with Crippen LogP contribution in [-0.2, 0) is 4.84 Å². The lowest BCUT2D eigenvalue weighted by molar-refractivity contribution is 0.0500. The zero-order chi connectivity index (χ0) is 23.0. The molecule has 0 amide bonds. The largest absolute Gasteiger partial charge is 0.478 e. The number of ketones is 1. The number of aromatic carboxylic acids is 1. The van der Waals surface area contributed by atoms with Crippen molar-refractivity contribution in [1.29, 1.82) is 0 Å². The molecule has 1 aromatic rings. The highest BCUT2D eigenvalue weighted by molar-refractivity contribution is 14.1. The molecular formula is C18H24I3N5O5. The summed E-state index contributed by atoms with van der Waals surface area (Å²) in [5.74, 6) is 2.69. The van der Waals surface area contributed by atoms with Gasteiger partial charge in [0, 0.05) is 68.6 Å². The summed E-state index contributed by atoms with van der Waals surface area (Å²) in [6.45, 7) is 6.28. The number of hydrogen-bond acceptors (Lipinski definition) is 9. The first-order valence-electron chi connectivity index (χ1n) is 9.52. The fraction of sp³-hybridized carbons (Fsp3) is 0.500.